The molecular formula is C14H10FN3O2. The van der Waals surface area contributed by atoms with E-state index in [2.05, 4.69) is 10.3 Å². The molecule has 100 valence electrons. The average molecular weight is 271 g/mol. The second-order valence-corrected chi connectivity index (χ2v) is 4.36. The van der Waals surface area contributed by atoms with Gasteiger partial charge in [0.1, 0.15) is 11.3 Å². The minimum atomic E-state index is -1.05. The number of hydrogen-bond donors (Lipinski definition) is 1. The molecule has 1 aromatic heterocycles. The van der Waals surface area contributed by atoms with Gasteiger partial charge in [0.15, 0.2) is 0 Å². The Labute approximate surface area is 113 Å². The van der Waals surface area contributed by atoms with Gasteiger partial charge in [0, 0.05) is 0 Å². The van der Waals surface area contributed by atoms with E-state index in [4.69, 9.17) is 5.11 Å². The van der Waals surface area contributed by atoms with Crippen molar-refractivity contribution in [2.75, 3.05) is 0 Å². The maximum Gasteiger partial charge on any atom is 0.338 e. The fourth-order valence-electron chi connectivity index (χ4n) is 2.09. The summed E-state index contributed by atoms with van der Waals surface area (Å²) in [5.74, 6) is -1.37. The second-order valence-electron chi connectivity index (χ2n) is 4.36. The number of aromatic carboxylic acids is 1. The van der Waals surface area contributed by atoms with Gasteiger partial charge in [-0.05, 0) is 29.8 Å². The zero-order chi connectivity index (χ0) is 14.1. The third-order valence-corrected chi connectivity index (χ3v) is 3.00. The monoisotopic (exact) mass is 271 g/mol. The molecule has 2 aromatic carbocycles. The zero-order valence-corrected chi connectivity index (χ0v) is 10.3. The summed E-state index contributed by atoms with van der Waals surface area (Å²) in [6.07, 6.45) is 0. The smallest absolute Gasteiger partial charge is 0.338 e. The van der Waals surface area contributed by atoms with Crippen LogP contribution in [0.25, 0.3) is 11.0 Å². The molecule has 0 saturated heterocycles. The number of fused-ring (bicyclic) bond motifs is 1. The summed E-state index contributed by atoms with van der Waals surface area (Å²) >= 11 is 0. The van der Waals surface area contributed by atoms with Gasteiger partial charge in [0.2, 0.25) is 0 Å². The summed E-state index contributed by atoms with van der Waals surface area (Å²) in [5, 5.41) is 16.9. The molecule has 0 spiro atoms. The van der Waals surface area contributed by atoms with Gasteiger partial charge in [-0.1, -0.05) is 23.4 Å². The molecule has 0 aliphatic carbocycles. The molecule has 0 aliphatic rings. The number of hydrogen-bond acceptors (Lipinski definition) is 3. The molecule has 0 radical (unpaired) electrons. The SMILES string of the molecule is O=C(O)c1cccc2c1nnn2Cc1cccc(F)c1. The third-order valence-electron chi connectivity index (χ3n) is 3.00. The summed E-state index contributed by atoms with van der Waals surface area (Å²) < 4.78 is 14.7. The van der Waals surface area contributed by atoms with Crippen LogP contribution in [0.15, 0.2) is 42.5 Å². The minimum Gasteiger partial charge on any atom is -0.478 e. The standard InChI is InChI=1S/C14H10FN3O2/c15-10-4-1-3-9(7-10)8-18-12-6-2-5-11(14(19)20)13(12)16-17-18/h1-7H,8H2,(H,19,20). The van der Waals surface area contributed by atoms with Crippen molar-refractivity contribution >= 4 is 17.0 Å². The van der Waals surface area contributed by atoms with Crippen molar-refractivity contribution in [2.24, 2.45) is 0 Å². The van der Waals surface area contributed by atoms with Crippen LogP contribution in [0.4, 0.5) is 4.39 Å². The van der Waals surface area contributed by atoms with Crippen LogP contribution < -0.4 is 0 Å². The Hall–Kier alpha value is -2.76. The van der Waals surface area contributed by atoms with Crippen LogP contribution >= 0.6 is 0 Å². The molecule has 0 atom stereocenters. The van der Waals surface area contributed by atoms with E-state index >= 15 is 0 Å². The Bertz CT molecular complexity index is 798. The maximum absolute atomic E-state index is 13.2. The highest BCUT2D eigenvalue weighted by Crippen LogP contribution is 2.17. The predicted octanol–water partition coefficient (Wildman–Crippen LogP) is 2.32. The first-order valence-corrected chi connectivity index (χ1v) is 5.95. The predicted molar refractivity (Wildman–Crippen MR) is 70.0 cm³/mol. The van der Waals surface area contributed by atoms with Crippen LogP contribution in [-0.4, -0.2) is 26.1 Å². The van der Waals surface area contributed by atoms with Crippen molar-refractivity contribution in [3.8, 4) is 0 Å². The quantitative estimate of drug-likeness (QED) is 0.793. The molecule has 20 heavy (non-hydrogen) atoms. The Morgan fingerprint density at radius 1 is 1.25 bits per heavy atom. The van der Waals surface area contributed by atoms with Crippen LogP contribution in [0.1, 0.15) is 15.9 Å². The minimum absolute atomic E-state index is 0.105. The Kier molecular flexibility index (Phi) is 2.90. The topological polar surface area (TPSA) is 68.0 Å². The van der Waals surface area contributed by atoms with Crippen molar-refractivity contribution in [1.29, 1.82) is 0 Å². The summed E-state index contributed by atoms with van der Waals surface area (Å²) in [6, 6.07) is 11.0. The first-order valence-electron chi connectivity index (χ1n) is 5.95. The molecule has 1 N–H and O–H groups in total. The lowest BCUT2D eigenvalue weighted by Crippen LogP contribution is -2.02. The summed E-state index contributed by atoms with van der Waals surface area (Å²) in [4.78, 5) is 11.1. The van der Waals surface area contributed by atoms with Crippen molar-refractivity contribution < 1.29 is 14.3 Å². The van der Waals surface area contributed by atoms with Gasteiger partial charge in [-0.25, -0.2) is 13.9 Å². The molecule has 6 heteroatoms. The number of aromatic nitrogens is 3. The van der Waals surface area contributed by atoms with Crippen molar-refractivity contribution in [1.82, 2.24) is 15.0 Å². The van der Waals surface area contributed by atoms with Crippen LogP contribution in [0.2, 0.25) is 0 Å². The first-order chi connectivity index (χ1) is 9.65. The molecule has 0 unspecified atom stereocenters. The number of carbonyl (C=O) groups is 1. The maximum atomic E-state index is 13.2. The molecule has 5 nitrogen and oxygen atoms in total. The van der Waals surface area contributed by atoms with Crippen LogP contribution in [-0.2, 0) is 6.54 Å². The molecule has 0 amide bonds. The molecule has 0 bridgehead atoms. The van der Waals surface area contributed by atoms with Gasteiger partial charge in [-0.15, -0.1) is 5.10 Å². The van der Waals surface area contributed by atoms with Gasteiger partial charge in [0.25, 0.3) is 0 Å². The van der Waals surface area contributed by atoms with Gasteiger partial charge in [-0.2, -0.15) is 0 Å². The number of halogens is 1. The van der Waals surface area contributed by atoms with E-state index in [-0.39, 0.29) is 11.4 Å². The van der Waals surface area contributed by atoms with Crippen molar-refractivity contribution in [3.63, 3.8) is 0 Å². The van der Waals surface area contributed by atoms with E-state index in [9.17, 15) is 9.18 Å². The van der Waals surface area contributed by atoms with Crippen LogP contribution in [0.3, 0.4) is 0 Å². The zero-order valence-electron chi connectivity index (χ0n) is 10.3. The van der Waals surface area contributed by atoms with Crippen LogP contribution in [0, 0.1) is 5.82 Å². The summed E-state index contributed by atoms with van der Waals surface area (Å²) in [7, 11) is 0. The average Bonchev–Trinajstić information content (AvgIpc) is 2.82. The van der Waals surface area contributed by atoms with E-state index in [0.29, 0.717) is 17.6 Å². The molecule has 1 heterocycles. The fraction of sp³-hybridized carbons (Fsp3) is 0.0714. The summed E-state index contributed by atoms with van der Waals surface area (Å²) in [6.45, 7) is 0.331. The number of carboxylic acid groups (broad SMARTS) is 1. The largest absolute Gasteiger partial charge is 0.478 e. The van der Waals surface area contributed by atoms with E-state index in [1.807, 2.05) is 0 Å². The lowest BCUT2D eigenvalue weighted by molar-refractivity contribution is 0.0699. The highest BCUT2D eigenvalue weighted by atomic mass is 19.1. The number of rotatable bonds is 3. The van der Waals surface area contributed by atoms with Gasteiger partial charge in [0.05, 0.1) is 17.6 Å². The number of carboxylic acids is 1. The van der Waals surface area contributed by atoms with Gasteiger partial charge >= 0.3 is 5.97 Å². The highest BCUT2D eigenvalue weighted by Gasteiger charge is 2.13. The second kappa shape index (κ2) is 4.73. The Morgan fingerprint density at radius 2 is 2.05 bits per heavy atom. The number of benzene rings is 2. The lowest BCUT2D eigenvalue weighted by atomic mass is 10.2. The fourth-order valence-corrected chi connectivity index (χ4v) is 2.09. The molecule has 0 fully saturated rings. The molecule has 0 aliphatic heterocycles. The van der Waals surface area contributed by atoms with E-state index in [0.717, 1.165) is 5.56 Å². The lowest BCUT2D eigenvalue weighted by Gasteiger charge is -2.03. The van der Waals surface area contributed by atoms with Gasteiger partial charge < -0.3 is 5.11 Å². The highest BCUT2D eigenvalue weighted by molar-refractivity contribution is 6.00. The molecule has 0 saturated carbocycles. The van der Waals surface area contributed by atoms with Crippen LogP contribution in [0.5, 0.6) is 0 Å². The van der Waals surface area contributed by atoms with Crippen molar-refractivity contribution in [3.05, 3.63) is 59.4 Å². The number of nitrogens with zero attached hydrogens (tertiary/aromatic N) is 3. The third kappa shape index (κ3) is 2.11. The van der Waals surface area contributed by atoms with Gasteiger partial charge in [-0.3, -0.25) is 0 Å². The molecule has 3 rings (SSSR count). The Morgan fingerprint density at radius 3 is 2.80 bits per heavy atom. The summed E-state index contributed by atoms with van der Waals surface area (Å²) in [5.41, 5.74) is 1.77. The Balaban J connectivity index is 2.05. The van der Waals surface area contributed by atoms with E-state index < -0.39 is 5.97 Å². The van der Waals surface area contributed by atoms with E-state index in [1.165, 1.54) is 18.2 Å². The molecular weight excluding hydrogens is 261 g/mol. The van der Waals surface area contributed by atoms with Crippen molar-refractivity contribution in [2.45, 2.75) is 6.54 Å². The normalized spacial score (nSPS) is 10.8. The van der Waals surface area contributed by atoms with E-state index in [1.54, 1.807) is 28.9 Å². The molecule has 3 aromatic rings. The first kappa shape index (κ1) is 12.3.